The molecule has 1 aliphatic heterocycles. The zero-order valence-electron chi connectivity index (χ0n) is 11.9. The Kier molecular flexibility index (Phi) is 3.77. The molecule has 112 valence electrons. The molecule has 0 N–H and O–H groups in total. The van der Waals surface area contributed by atoms with Gasteiger partial charge in [-0.05, 0) is 36.5 Å². The highest BCUT2D eigenvalue weighted by Crippen LogP contribution is 2.29. The van der Waals surface area contributed by atoms with Crippen LogP contribution in [0.4, 0.5) is 0 Å². The normalized spacial score (nSPS) is 18.0. The fourth-order valence-electron chi connectivity index (χ4n) is 2.72. The topological polar surface area (TPSA) is 68.1 Å². The maximum Gasteiger partial charge on any atom is 0.262 e. The van der Waals surface area contributed by atoms with E-state index in [-0.39, 0.29) is 5.03 Å². The maximum absolute atomic E-state index is 12.5. The Labute approximate surface area is 124 Å². The van der Waals surface area contributed by atoms with Crippen molar-refractivity contribution >= 4 is 10.0 Å². The van der Waals surface area contributed by atoms with Gasteiger partial charge in [-0.25, -0.2) is 13.4 Å². The Morgan fingerprint density at radius 1 is 1.19 bits per heavy atom. The number of aromatic nitrogens is 3. The number of piperidine rings is 1. The predicted molar refractivity (Wildman–Crippen MR) is 78.2 cm³/mol. The van der Waals surface area contributed by atoms with E-state index in [1.165, 1.54) is 16.2 Å². The third-order valence-electron chi connectivity index (χ3n) is 3.92. The lowest BCUT2D eigenvalue weighted by atomic mass is 9.91. The minimum absolute atomic E-state index is 0.132. The van der Waals surface area contributed by atoms with Gasteiger partial charge in [0, 0.05) is 38.7 Å². The lowest BCUT2D eigenvalue weighted by Crippen LogP contribution is -2.38. The molecule has 0 amide bonds. The monoisotopic (exact) mass is 306 g/mol. The van der Waals surface area contributed by atoms with Crippen LogP contribution in [0.1, 0.15) is 24.3 Å². The molecule has 3 rings (SSSR count). The summed E-state index contributed by atoms with van der Waals surface area (Å²) in [7, 11) is -1.69. The van der Waals surface area contributed by atoms with Crippen LogP contribution in [0.25, 0.3) is 0 Å². The fraction of sp³-hybridized carbons (Fsp3) is 0.429. The molecule has 7 heteroatoms. The summed E-state index contributed by atoms with van der Waals surface area (Å²) in [5.74, 6) is 0.406. The molecule has 0 bridgehead atoms. The van der Waals surface area contributed by atoms with Crippen LogP contribution in [0.5, 0.6) is 0 Å². The van der Waals surface area contributed by atoms with Gasteiger partial charge >= 0.3 is 0 Å². The van der Waals surface area contributed by atoms with Gasteiger partial charge < -0.3 is 4.57 Å². The Balaban J connectivity index is 1.71. The van der Waals surface area contributed by atoms with E-state index in [9.17, 15) is 8.42 Å². The summed E-state index contributed by atoms with van der Waals surface area (Å²) in [6.45, 7) is 1.07. The van der Waals surface area contributed by atoms with Gasteiger partial charge in [-0.15, -0.1) is 0 Å². The minimum Gasteiger partial charge on any atom is -0.339 e. The Morgan fingerprint density at radius 3 is 2.43 bits per heavy atom. The third kappa shape index (κ3) is 2.84. The molecule has 21 heavy (non-hydrogen) atoms. The highest BCUT2D eigenvalue weighted by Gasteiger charge is 2.31. The van der Waals surface area contributed by atoms with E-state index >= 15 is 0 Å². The molecule has 0 spiro atoms. The molecule has 0 saturated carbocycles. The molecule has 3 heterocycles. The summed E-state index contributed by atoms with van der Waals surface area (Å²) in [6, 6.07) is 4.02. The minimum atomic E-state index is -3.46. The summed E-state index contributed by atoms with van der Waals surface area (Å²) in [6.07, 6.45) is 8.28. The van der Waals surface area contributed by atoms with Crippen molar-refractivity contribution in [2.45, 2.75) is 23.8 Å². The Bertz CT molecular complexity index is 704. The van der Waals surface area contributed by atoms with E-state index in [4.69, 9.17) is 0 Å². The largest absolute Gasteiger partial charge is 0.339 e. The third-order valence-corrected chi connectivity index (χ3v) is 5.70. The van der Waals surface area contributed by atoms with Crippen LogP contribution in [0.3, 0.4) is 0 Å². The van der Waals surface area contributed by atoms with Crippen molar-refractivity contribution in [1.29, 1.82) is 0 Å². The standard InChI is InChI=1S/C14H18N4O2S/c1-17-10-14(16-11-17)21(19,20)18-8-4-13(5-9-18)12-2-6-15-7-3-12/h2-3,6-7,10-11,13H,4-5,8-9H2,1H3. The predicted octanol–water partition coefficient (Wildman–Crippen LogP) is 1.38. The summed E-state index contributed by atoms with van der Waals surface area (Å²) < 4.78 is 28.2. The van der Waals surface area contributed by atoms with Crippen molar-refractivity contribution in [3.05, 3.63) is 42.6 Å². The van der Waals surface area contributed by atoms with E-state index in [1.807, 2.05) is 12.1 Å². The molecule has 1 aliphatic rings. The molecular weight excluding hydrogens is 288 g/mol. The van der Waals surface area contributed by atoms with E-state index in [0.29, 0.717) is 19.0 Å². The number of rotatable bonds is 3. The van der Waals surface area contributed by atoms with Gasteiger partial charge in [0.05, 0.1) is 6.33 Å². The van der Waals surface area contributed by atoms with Crippen LogP contribution in [-0.2, 0) is 17.1 Å². The van der Waals surface area contributed by atoms with Gasteiger partial charge in [-0.2, -0.15) is 4.31 Å². The molecule has 0 aromatic carbocycles. The molecule has 2 aromatic heterocycles. The smallest absolute Gasteiger partial charge is 0.262 e. The lowest BCUT2D eigenvalue weighted by Gasteiger charge is -2.30. The second-order valence-electron chi connectivity index (χ2n) is 5.34. The number of aryl methyl sites for hydroxylation is 1. The van der Waals surface area contributed by atoms with Crippen molar-refractivity contribution in [3.8, 4) is 0 Å². The van der Waals surface area contributed by atoms with Crippen molar-refractivity contribution in [1.82, 2.24) is 18.8 Å². The number of nitrogens with zero attached hydrogens (tertiary/aromatic N) is 4. The number of pyridine rings is 1. The first-order valence-electron chi connectivity index (χ1n) is 6.95. The summed E-state index contributed by atoms with van der Waals surface area (Å²) in [5, 5.41) is 0.132. The average Bonchev–Trinajstić information content (AvgIpc) is 2.96. The van der Waals surface area contributed by atoms with Crippen LogP contribution in [0, 0.1) is 0 Å². The molecule has 2 aromatic rings. The number of sulfonamides is 1. The van der Waals surface area contributed by atoms with Crippen LogP contribution in [0.15, 0.2) is 42.1 Å². The average molecular weight is 306 g/mol. The van der Waals surface area contributed by atoms with E-state index in [1.54, 1.807) is 30.2 Å². The van der Waals surface area contributed by atoms with Gasteiger partial charge in [-0.1, -0.05) is 0 Å². The van der Waals surface area contributed by atoms with Crippen LogP contribution >= 0.6 is 0 Å². The number of hydrogen-bond donors (Lipinski definition) is 0. The number of imidazole rings is 1. The maximum atomic E-state index is 12.5. The van der Waals surface area contributed by atoms with Gasteiger partial charge in [0.25, 0.3) is 10.0 Å². The highest BCUT2D eigenvalue weighted by molar-refractivity contribution is 7.89. The van der Waals surface area contributed by atoms with E-state index < -0.39 is 10.0 Å². The molecule has 1 saturated heterocycles. The Morgan fingerprint density at radius 2 is 1.86 bits per heavy atom. The second-order valence-corrected chi connectivity index (χ2v) is 7.22. The van der Waals surface area contributed by atoms with Crippen molar-refractivity contribution in [3.63, 3.8) is 0 Å². The highest BCUT2D eigenvalue weighted by atomic mass is 32.2. The van der Waals surface area contributed by atoms with Crippen LogP contribution in [-0.4, -0.2) is 40.3 Å². The van der Waals surface area contributed by atoms with Gasteiger partial charge in [0.2, 0.25) is 0 Å². The molecule has 1 fully saturated rings. The summed E-state index contributed by atoms with van der Waals surface area (Å²) in [4.78, 5) is 7.98. The van der Waals surface area contributed by atoms with Crippen molar-refractivity contribution in [2.75, 3.05) is 13.1 Å². The number of hydrogen-bond acceptors (Lipinski definition) is 4. The second kappa shape index (κ2) is 5.57. The molecule has 0 atom stereocenters. The first-order chi connectivity index (χ1) is 10.1. The SMILES string of the molecule is Cn1cnc(S(=O)(=O)N2CCC(c3ccncc3)CC2)c1. The zero-order valence-corrected chi connectivity index (χ0v) is 12.7. The van der Waals surface area contributed by atoms with E-state index in [2.05, 4.69) is 9.97 Å². The van der Waals surface area contributed by atoms with Crippen LogP contribution < -0.4 is 0 Å². The van der Waals surface area contributed by atoms with Gasteiger partial charge in [0.15, 0.2) is 5.03 Å². The summed E-state index contributed by atoms with van der Waals surface area (Å²) in [5.41, 5.74) is 1.24. The fourth-order valence-corrected chi connectivity index (χ4v) is 4.16. The molecular formula is C14H18N4O2S. The van der Waals surface area contributed by atoms with Gasteiger partial charge in [0.1, 0.15) is 0 Å². The van der Waals surface area contributed by atoms with Crippen LogP contribution in [0.2, 0.25) is 0 Å². The molecule has 0 aliphatic carbocycles. The first kappa shape index (κ1) is 14.2. The first-order valence-corrected chi connectivity index (χ1v) is 8.39. The Hall–Kier alpha value is -1.73. The molecule has 0 unspecified atom stereocenters. The van der Waals surface area contributed by atoms with Crippen molar-refractivity contribution in [2.24, 2.45) is 7.05 Å². The molecule has 6 nitrogen and oxygen atoms in total. The van der Waals surface area contributed by atoms with E-state index in [0.717, 1.165) is 12.8 Å². The van der Waals surface area contributed by atoms with Gasteiger partial charge in [-0.3, -0.25) is 4.98 Å². The molecule has 0 radical (unpaired) electrons. The lowest BCUT2D eigenvalue weighted by molar-refractivity contribution is 0.318. The summed E-state index contributed by atoms with van der Waals surface area (Å²) >= 11 is 0. The van der Waals surface area contributed by atoms with Crippen molar-refractivity contribution < 1.29 is 8.42 Å². The quantitative estimate of drug-likeness (QED) is 0.859. The zero-order chi connectivity index (χ0) is 14.9.